The molecule has 1 amide bonds. The summed E-state index contributed by atoms with van der Waals surface area (Å²) in [6.07, 6.45) is 76.2. The van der Waals surface area contributed by atoms with E-state index in [0.29, 0.717) is 25.9 Å². The molecule has 0 aliphatic heterocycles. The number of hydrogen-bond acceptors (Lipinski definition) is 5. The SMILES string of the molecule is CCCCC/C=C\CCCCCCCC(=O)OCCCCCCCCCCC/C=C\CCCCCCCCCC(=O)NC(CO)C(O)CCCCCCCCCCCCCCCCCCCCCCCCC. The molecule has 0 radical (unpaired) electrons. The summed E-state index contributed by atoms with van der Waals surface area (Å²) in [7, 11) is 0. The number of ether oxygens (including phenoxy) is 1. The maximum Gasteiger partial charge on any atom is 0.305 e. The van der Waals surface area contributed by atoms with Crippen molar-refractivity contribution >= 4 is 11.9 Å². The van der Waals surface area contributed by atoms with Gasteiger partial charge in [-0.2, -0.15) is 0 Å². The highest BCUT2D eigenvalue weighted by Gasteiger charge is 2.20. The van der Waals surface area contributed by atoms with Gasteiger partial charge in [-0.3, -0.25) is 9.59 Å². The van der Waals surface area contributed by atoms with Crippen LogP contribution in [0.5, 0.6) is 0 Å². The van der Waals surface area contributed by atoms with Gasteiger partial charge in [-0.25, -0.2) is 0 Å². The van der Waals surface area contributed by atoms with Crippen molar-refractivity contribution in [3.05, 3.63) is 24.3 Å². The first-order chi connectivity index (χ1) is 35.5. The number of carbonyl (C=O) groups excluding carboxylic acids is 2. The minimum absolute atomic E-state index is 0.00319. The second-order valence-electron chi connectivity index (χ2n) is 22.4. The third kappa shape index (κ3) is 57.6. The Kier molecular flexibility index (Phi) is 60.5. The van der Waals surface area contributed by atoms with E-state index >= 15 is 0 Å². The fraction of sp³-hybridized carbons (Fsp3) is 0.909. The third-order valence-corrected chi connectivity index (χ3v) is 15.2. The van der Waals surface area contributed by atoms with Gasteiger partial charge in [-0.1, -0.05) is 295 Å². The van der Waals surface area contributed by atoms with Crippen LogP contribution in [0.3, 0.4) is 0 Å². The molecule has 3 N–H and O–H groups in total. The van der Waals surface area contributed by atoms with Gasteiger partial charge in [-0.05, 0) is 77.0 Å². The molecule has 0 bridgehead atoms. The maximum atomic E-state index is 12.5. The van der Waals surface area contributed by atoms with Crippen LogP contribution in [0.25, 0.3) is 0 Å². The minimum atomic E-state index is -0.671. The molecule has 0 aliphatic carbocycles. The van der Waals surface area contributed by atoms with E-state index < -0.39 is 12.1 Å². The Morgan fingerprint density at radius 1 is 0.375 bits per heavy atom. The molecule has 0 aromatic heterocycles. The molecule has 72 heavy (non-hydrogen) atoms. The molecule has 0 aromatic rings. The van der Waals surface area contributed by atoms with Gasteiger partial charge in [0.05, 0.1) is 25.4 Å². The Labute approximate surface area is 450 Å². The summed E-state index contributed by atoms with van der Waals surface area (Å²) in [5.74, 6) is -0.0431. The van der Waals surface area contributed by atoms with Gasteiger partial charge in [0.25, 0.3) is 0 Å². The zero-order chi connectivity index (χ0) is 52.2. The summed E-state index contributed by atoms with van der Waals surface area (Å²) < 4.78 is 5.46. The van der Waals surface area contributed by atoms with Crippen molar-refractivity contribution in [1.29, 1.82) is 0 Å². The van der Waals surface area contributed by atoms with E-state index in [1.165, 1.54) is 283 Å². The van der Waals surface area contributed by atoms with E-state index in [-0.39, 0.29) is 18.5 Å². The highest BCUT2D eigenvalue weighted by Crippen LogP contribution is 2.18. The number of nitrogens with one attached hydrogen (secondary N) is 1. The molecular weight excluding hydrogens is 887 g/mol. The number of unbranched alkanes of at least 4 members (excludes halogenated alkanes) is 46. The molecule has 0 saturated heterocycles. The van der Waals surface area contributed by atoms with Crippen LogP contribution in [-0.2, 0) is 14.3 Å². The molecule has 6 nitrogen and oxygen atoms in total. The van der Waals surface area contributed by atoms with Crippen molar-refractivity contribution in [2.75, 3.05) is 13.2 Å². The molecule has 0 fully saturated rings. The van der Waals surface area contributed by atoms with Crippen molar-refractivity contribution in [2.24, 2.45) is 0 Å². The van der Waals surface area contributed by atoms with Crippen LogP contribution < -0.4 is 5.32 Å². The molecule has 6 heteroatoms. The number of aliphatic hydroxyl groups is 2. The predicted molar refractivity (Wildman–Crippen MR) is 315 cm³/mol. The monoisotopic (exact) mass is 1010 g/mol. The summed E-state index contributed by atoms with van der Waals surface area (Å²) in [4.78, 5) is 24.5. The molecule has 0 saturated carbocycles. The van der Waals surface area contributed by atoms with Crippen molar-refractivity contribution < 1.29 is 24.5 Å². The van der Waals surface area contributed by atoms with E-state index in [0.717, 1.165) is 44.9 Å². The van der Waals surface area contributed by atoms with Gasteiger partial charge in [0.2, 0.25) is 5.91 Å². The van der Waals surface area contributed by atoms with Crippen molar-refractivity contribution in [1.82, 2.24) is 5.32 Å². The summed E-state index contributed by atoms with van der Waals surface area (Å²) in [5, 5.41) is 23.4. The molecule has 426 valence electrons. The normalized spacial score (nSPS) is 12.7. The van der Waals surface area contributed by atoms with Gasteiger partial charge in [0.1, 0.15) is 0 Å². The number of rotatable bonds is 61. The molecular formula is C66H127NO5. The summed E-state index contributed by atoms with van der Waals surface area (Å²) in [6, 6.07) is -0.549. The Hall–Kier alpha value is -1.66. The maximum absolute atomic E-state index is 12.5. The van der Waals surface area contributed by atoms with Gasteiger partial charge in [0, 0.05) is 12.8 Å². The molecule has 2 unspecified atom stereocenters. The van der Waals surface area contributed by atoms with E-state index in [9.17, 15) is 19.8 Å². The zero-order valence-corrected chi connectivity index (χ0v) is 48.7. The lowest BCUT2D eigenvalue weighted by molar-refractivity contribution is -0.143. The third-order valence-electron chi connectivity index (χ3n) is 15.2. The Morgan fingerprint density at radius 2 is 0.653 bits per heavy atom. The van der Waals surface area contributed by atoms with Crippen LogP contribution in [0.4, 0.5) is 0 Å². The smallest absolute Gasteiger partial charge is 0.305 e. The summed E-state index contributed by atoms with van der Waals surface area (Å²) in [6.45, 7) is 4.94. The van der Waals surface area contributed by atoms with Crippen molar-refractivity contribution in [2.45, 2.75) is 373 Å². The highest BCUT2D eigenvalue weighted by molar-refractivity contribution is 5.76. The first-order valence-corrected chi connectivity index (χ1v) is 32.6. The first kappa shape index (κ1) is 70.3. The molecule has 0 spiro atoms. The number of amides is 1. The lowest BCUT2D eigenvalue weighted by Crippen LogP contribution is -2.45. The van der Waals surface area contributed by atoms with Gasteiger partial charge in [0.15, 0.2) is 0 Å². The van der Waals surface area contributed by atoms with Gasteiger partial charge < -0.3 is 20.3 Å². The lowest BCUT2D eigenvalue weighted by Gasteiger charge is -2.22. The van der Waals surface area contributed by atoms with E-state index in [1.807, 2.05) is 0 Å². The Morgan fingerprint density at radius 3 is 1.01 bits per heavy atom. The van der Waals surface area contributed by atoms with Crippen LogP contribution in [-0.4, -0.2) is 47.4 Å². The van der Waals surface area contributed by atoms with Crippen molar-refractivity contribution in [3.8, 4) is 0 Å². The Balaban J connectivity index is 3.43. The first-order valence-electron chi connectivity index (χ1n) is 32.6. The summed E-state index contributed by atoms with van der Waals surface area (Å²) >= 11 is 0. The fourth-order valence-electron chi connectivity index (χ4n) is 10.2. The van der Waals surface area contributed by atoms with Crippen LogP contribution in [0.2, 0.25) is 0 Å². The minimum Gasteiger partial charge on any atom is -0.466 e. The number of hydrogen-bond donors (Lipinski definition) is 3. The largest absolute Gasteiger partial charge is 0.466 e. The predicted octanol–water partition coefficient (Wildman–Crippen LogP) is 20.6. The number of allylic oxidation sites excluding steroid dienone is 4. The average Bonchev–Trinajstić information content (AvgIpc) is 3.38. The summed E-state index contributed by atoms with van der Waals surface area (Å²) in [5.41, 5.74) is 0. The number of esters is 1. The van der Waals surface area contributed by atoms with Gasteiger partial charge >= 0.3 is 5.97 Å². The Bertz CT molecular complexity index is 1120. The van der Waals surface area contributed by atoms with Crippen LogP contribution >= 0.6 is 0 Å². The topological polar surface area (TPSA) is 95.9 Å². The number of aliphatic hydroxyl groups excluding tert-OH is 2. The zero-order valence-electron chi connectivity index (χ0n) is 48.7. The van der Waals surface area contributed by atoms with Crippen LogP contribution in [0, 0.1) is 0 Å². The highest BCUT2D eigenvalue weighted by atomic mass is 16.5. The van der Waals surface area contributed by atoms with E-state index in [2.05, 4.69) is 43.5 Å². The second kappa shape index (κ2) is 61.9. The molecule has 0 aliphatic rings. The molecule has 2 atom stereocenters. The average molecular weight is 1010 g/mol. The second-order valence-corrected chi connectivity index (χ2v) is 22.4. The van der Waals surface area contributed by atoms with Crippen molar-refractivity contribution in [3.63, 3.8) is 0 Å². The molecule has 0 aromatic carbocycles. The standard InChI is InChI=1S/C66H127NO5/c1-3-5-7-9-11-13-15-17-18-19-20-21-22-23-26-29-32-35-38-42-46-50-54-58-64(69)63(62-68)67-65(70)59-55-51-47-43-39-36-33-30-27-24-25-28-31-34-37-41-45-49-53-57-61-72-66(71)60-56-52-48-44-40-16-14-12-10-8-6-4-2/h12,14,24,27,63-64,68-69H,3-11,13,15-23,25-26,28-62H2,1-2H3,(H,67,70)/b14-12-,27-24-. The van der Waals surface area contributed by atoms with Crippen LogP contribution in [0.15, 0.2) is 24.3 Å². The number of carbonyl (C=O) groups is 2. The van der Waals surface area contributed by atoms with Crippen LogP contribution in [0.1, 0.15) is 361 Å². The van der Waals surface area contributed by atoms with E-state index in [1.54, 1.807) is 0 Å². The van der Waals surface area contributed by atoms with Gasteiger partial charge in [-0.15, -0.1) is 0 Å². The quantitative estimate of drug-likeness (QED) is 0.0320. The lowest BCUT2D eigenvalue weighted by atomic mass is 10.0. The molecule has 0 rings (SSSR count). The molecule has 0 heterocycles. The fourth-order valence-corrected chi connectivity index (χ4v) is 10.2. The van der Waals surface area contributed by atoms with E-state index in [4.69, 9.17) is 4.74 Å².